The minimum absolute atomic E-state index is 0.0624. The zero-order chi connectivity index (χ0) is 26.1. The molecule has 2 aliphatic heterocycles. The first-order chi connectivity index (χ1) is 17.9. The first-order valence-electron chi connectivity index (χ1n) is 12.9. The van der Waals surface area contributed by atoms with E-state index in [2.05, 4.69) is 4.98 Å². The van der Waals surface area contributed by atoms with Crippen molar-refractivity contribution in [3.63, 3.8) is 0 Å². The molecular formula is C28H33F4N3O2. The number of alkyl halides is 2. The minimum Gasteiger partial charge on any atom is -0.492 e. The molecule has 1 saturated heterocycles. The second-order valence-corrected chi connectivity index (χ2v) is 10.3. The average Bonchev–Trinajstić information content (AvgIpc) is 3.22. The van der Waals surface area contributed by atoms with Gasteiger partial charge in [0.05, 0.1) is 19.4 Å². The molecule has 5 nitrogen and oxygen atoms in total. The standard InChI is InChI=1S/C28H33F4N3O2/c1-17-8-22-21-4-2-3-5-25(21)33-27(22)28(35(17)15-19(12-30)16-36)26-23(31)9-20(10-24(26)32)37-7-6-34-13-18(11-29)14-34/h2-5,9-10,17-19,28,33,36H,6-8,11-16H2,1H3/t17-,19+,28?/m1/s1. The maximum Gasteiger partial charge on any atom is 0.135 e. The summed E-state index contributed by atoms with van der Waals surface area (Å²) >= 11 is 0. The fraction of sp³-hybridized carbons (Fsp3) is 0.500. The molecule has 37 heavy (non-hydrogen) atoms. The Labute approximate surface area is 214 Å². The number of nitrogens with zero attached hydrogens (tertiary/aromatic N) is 2. The number of ether oxygens (including phenoxy) is 1. The molecule has 1 aromatic heterocycles. The molecule has 2 aliphatic rings. The van der Waals surface area contributed by atoms with Crippen molar-refractivity contribution in [3.8, 4) is 5.75 Å². The highest BCUT2D eigenvalue weighted by atomic mass is 19.1. The molecule has 1 fully saturated rings. The summed E-state index contributed by atoms with van der Waals surface area (Å²) in [5.74, 6) is -2.00. The van der Waals surface area contributed by atoms with Crippen LogP contribution in [0.25, 0.3) is 10.9 Å². The Morgan fingerprint density at radius 1 is 1.14 bits per heavy atom. The summed E-state index contributed by atoms with van der Waals surface area (Å²) in [4.78, 5) is 7.28. The highest BCUT2D eigenvalue weighted by molar-refractivity contribution is 5.85. The van der Waals surface area contributed by atoms with E-state index in [1.165, 1.54) is 12.1 Å². The van der Waals surface area contributed by atoms with Crippen molar-refractivity contribution in [1.29, 1.82) is 0 Å². The summed E-state index contributed by atoms with van der Waals surface area (Å²) in [6, 6.07) is 9.16. The van der Waals surface area contributed by atoms with Crippen molar-refractivity contribution >= 4 is 10.9 Å². The van der Waals surface area contributed by atoms with E-state index in [0.29, 0.717) is 31.7 Å². The SMILES string of the molecule is C[C@@H]1Cc2c([nH]c3ccccc23)C(c2c(F)cc(OCCN3CC(CF)C3)cc2F)N1C[C@@H](CO)CF. The lowest BCUT2D eigenvalue weighted by Crippen LogP contribution is -2.49. The number of halogens is 4. The molecule has 0 spiro atoms. The lowest BCUT2D eigenvalue weighted by atomic mass is 9.87. The quantitative estimate of drug-likeness (QED) is 0.384. The Kier molecular flexibility index (Phi) is 7.74. The van der Waals surface area contributed by atoms with Crippen LogP contribution in [0.15, 0.2) is 36.4 Å². The third-order valence-corrected chi connectivity index (χ3v) is 7.72. The molecule has 3 aromatic rings. The first-order valence-corrected chi connectivity index (χ1v) is 12.9. The van der Waals surface area contributed by atoms with Crippen molar-refractivity contribution in [2.75, 3.05) is 52.7 Å². The molecule has 2 aromatic carbocycles. The number of aromatic amines is 1. The minimum atomic E-state index is -0.820. The van der Waals surface area contributed by atoms with Gasteiger partial charge in [0.2, 0.25) is 0 Å². The van der Waals surface area contributed by atoms with Crippen LogP contribution in [-0.4, -0.2) is 78.7 Å². The number of benzene rings is 2. The molecule has 1 unspecified atom stereocenters. The smallest absolute Gasteiger partial charge is 0.135 e. The van der Waals surface area contributed by atoms with E-state index in [1.807, 2.05) is 41.0 Å². The van der Waals surface area contributed by atoms with Crippen molar-refractivity contribution in [1.82, 2.24) is 14.8 Å². The predicted molar refractivity (Wildman–Crippen MR) is 134 cm³/mol. The summed E-state index contributed by atoms with van der Waals surface area (Å²) in [6.45, 7) is 2.81. The molecule has 3 atom stereocenters. The normalized spacial score (nSPS) is 21.7. The molecular weight excluding hydrogens is 486 g/mol. The zero-order valence-corrected chi connectivity index (χ0v) is 20.9. The van der Waals surface area contributed by atoms with E-state index < -0.39 is 30.3 Å². The summed E-state index contributed by atoms with van der Waals surface area (Å²) in [5.41, 5.74) is 2.42. The highest BCUT2D eigenvalue weighted by Gasteiger charge is 2.39. The second-order valence-electron chi connectivity index (χ2n) is 10.3. The average molecular weight is 520 g/mol. The van der Waals surface area contributed by atoms with E-state index in [-0.39, 0.29) is 49.7 Å². The molecule has 200 valence electrons. The van der Waals surface area contributed by atoms with Crippen molar-refractivity contribution in [2.24, 2.45) is 11.8 Å². The van der Waals surface area contributed by atoms with Gasteiger partial charge in [0.1, 0.15) is 24.0 Å². The topological polar surface area (TPSA) is 51.7 Å². The van der Waals surface area contributed by atoms with Crippen LogP contribution in [0, 0.1) is 23.5 Å². The van der Waals surface area contributed by atoms with Gasteiger partial charge in [-0.2, -0.15) is 0 Å². The third kappa shape index (κ3) is 5.09. The number of hydrogen-bond acceptors (Lipinski definition) is 4. The molecule has 0 saturated carbocycles. The largest absolute Gasteiger partial charge is 0.492 e. The highest BCUT2D eigenvalue weighted by Crippen LogP contribution is 2.43. The second kappa shape index (κ2) is 11.0. The molecule has 0 radical (unpaired) electrons. The van der Waals surface area contributed by atoms with E-state index >= 15 is 8.78 Å². The fourth-order valence-corrected chi connectivity index (χ4v) is 5.71. The van der Waals surface area contributed by atoms with Gasteiger partial charge in [-0.25, -0.2) is 8.78 Å². The van der Waals surface area contributed by atoms with Crippen molar-refractivity contribution in [3.05, 3.63) is 64.9 Å². The number of hydrogen-bond donors (Lipinski definition) is 2. The van der Waals surface area contributed by atoms with Crippen LogP contribution in [-0.2, 0) is 6.42 Å². The van der Waals surface area contributed by atoms with Crippen LogP contribution in [0.4, 0.5) is 17.6 Å². The number of likely N-dealkylation sites (tertiary alicyclic amines) is 1. The maximum absolute atomic E-state index is 15.7. The van der Waals surface area contributed by atoms with E-state index in [1.54, 1.807) is 0 Å². The van der Waals surface area contributed by atoms with Crippen molar-refractivity contribution in [2.45, 2.75) is 25.4 Å². The van der Waals surface area contributed by atoms with E-state index in [4.69, 9.17) is 4.74 Å². The lowest BCUT2D eigenvalue weighted by molar-refractivity contribution is 0.0666. The summed E-state index contributed by atoms with van der Waals surface area (Å²) in [6.07, 6.45) is 0.629. The van der Waals surface area contributed by atoms with Crippen LogP contribution in [0.2, 0.25) is 0 Å². The van der Waals surface area contributed by atoms with Gasteiger partial charge in [-0.1, -0.05) is 18.2 Å². The maximum atomic E-state index is 15.7. The fourth-order valence-electron chi connectivity index (χ4n) is 5.71. The Bertz CT molecular complexity index is 1200. The number of fused-ring (bicyclic) bond motifs is 3. The molecule has 0 aliphatic carbocycles. The predicted octanol–water partition coefficient (Wildman–Crippen LogP) is 4.64. The molecule has 2 N–H and O–H groups in total. The molecule has 3 heterocycles. The van der Waals surface area contributed by atoms with Crippen LogP contribution < -0.4 is 4.74 Å². The molecule has 9 heteroatoms. The van der Waals surface area contributed by atoms with Gasteiger partial charge in [-0.15, -0.1) is 0 Å². The van der Waals surface area contributed by atoms with E-state index in [0.717, 1.165) is 16.5 Å². The number of aromatic nitrogens is 1. The Hall–Kier alpha value is -2.62. The number of aliphatic hydroxyl groups is 1. The van der Waals surface area contributed by atoms with Crippen LogP contribution >= 0.6 is 0 Å². The van der Waals surface area contributed by atoms with Crippen LogP contribution in [0.1, 0.15) is 29.8 Å². The van der Waals surface area contributed by atoms with Gasteiger partial charge in [0.25, 0.3) is 0 Å². The number of aliphatic hydroxyl groups excluding tert-OH is 1. The zero-order valence-electron chi connectivity index (χ0n) is 20.9. The van der Waals surface area contributed by atoms with Crippen LogP contribution in [0.3, 0.4) is 0 Å². The third-order valence-electron chi connectivity index (χ3n) is 7.72. The number of H-pyrrole nitrogens is 1. The van der Waals surface area contributed by atoms with Gasteiger partial charge < -0.3 is 14.8 Å². The Balaban J connectivity index is 1.46. The monoisotopic (exact) mass is 519 g/mol. The number of rotatable bonds is 10. The molecule has 5 rings (SSSR count). The molecule has 0 bridgehead atoms. The van der Waals surface area contributed by atoms with Gasteiger partial charge in [-0.3, -0.25) is 18.6 Å². The van der Waals surface area contributed by atoms with E-state index in [9.17, 15) is 13.9 Å². The lowest BCUT2D eigenvalue weighted by Gasteiger charge is -2.42. The van der Waals surface area contributed by atoms with Crippen molar-refractivity contribution < 1.29 is 27.4 Å². The first kappa shape index (κ1) is 26.0. The number of para-hydroxylation sites is 1. The molecule has 0 amide bonds. The Morgan fingerprint density at radius 3 is 2.54 bits per heavy atom. The van der Waals surface area contributed by atoms with Gasteiger partial charge in [0, 0.05) is 85.0 Å². The summed E-state index contributed by atoms with van der Waals surface area (Å²) in [5, 5.41) is 10.7. The Morgan fingerprint density at radius 2 is 1.86 bits per heavy atom. The van der Waals surface area contributed by atoms with Crippen LogP contribution in [0.5, 0.6) is 5.75 Å². The summed E-state index contributed by atoms with van der Waals surface area (Å²) in [7, 11) is 0. The summed E-state index contributed by atoms with van der Waals surface area (Å²) < 4.78 is 63.2. The van der Waals surface area contributed by atoms with Gasteiger partial charge in [0.15, 0.2) is 0 Å². The van der Waals surface area contributed by atoms with Gasteiger partial charge >= 0.3 is 0 Å². The van der Waals surface area contributed by atoms with Gasteiger partial charge in [-0.05, 0) is 25.0 Å². The number of nitrogens with one attached hydrogen (secondary N) is 1.